The van der Waals surface area contributed by atoms with Crippen molar-refractivity contribution in [3.63, 3.8) is 0 Å². The molecule has 3 rings (SSSR count). The van der Waals surface area contributed by atoms with E-state index in [0.29, 0.717) is 17.0 Å². The van der Waals surface area contributed by atoms with E-state index in [4.69, 9.17) is 14.7 Å². The van der Waals surface area contributed by atoms with Crippen LogP contribution in [0.4, 0.5) is 15.8 Å². The van der Waals surface area contributed by atoms with Crippen LogP contribution in [-0.4, -0.2) is 33.5 Å². The zero-order valence-electron chi connectivity index (χ0n) is 18.6. The molecule has 1 atom stereocenters. The minimum absolute atomic E-state index is 0.156. The van der Waals surface area contributed by atoms with Crippen molar-refractivity contribution >= 4 is 33.3 Å². The lowest BCUT2D eigenvalue weighted by Crippen LogP contribution is -2.30. The number of sulfonamides is 1. The van der Waals surface area contributed by atoms with Crippen molar-refractivity contribution in [3.8, 4) is 11.8 Å². The van der Waals surface area contributed by atoms with Crippen LogP contribution in [0, 0.1) is 17.1 Å². The summed E-state index contributed by atoms with van der Waals surface area (Å²) < 4.78 is 52.1. The number of hydrogen-bond donors (Lipinski definition) is 2. The molecule has 11 heteroatoms. The van der Waals surface area contributed by atoms with Crippen molar-refractivity contribution in [2.24, 2.45) is 0 Å². The third-order valence-electron chi connectivity index (χ3n) is 4.71. The average Bonchev–Trinajstić information content (AvgIpc) is 2.84. The second-order valence-corrected chi connectivity index (χ2v) is 8.86. The SMILES string of the molecule is COc1ccc(NS(=O)(=O)c2cc(C(=O)OC(C)C(=O)Nc3cccc(C#N)c3)ccc2F)cc1. The van der Waals surface area contributed by atoms with Crippen molar-refractivity contribution < 1.29 is 31.9 Å². The van der Waals surface area contributed by atoms with Crippen molar-refractivity contribution in [2.45, 2.75) is 17.9 Å². The number of halogens is 1. The van der Waals surface area contributed by atoms with Gasteiger partial charge in [0.15, 0.2) is 6.10 Å². The van der Waals surface area contributed by atoms with Gasteiger partial charge in [0.1, 0.15) is 16.5 Å². The van der Waals surface area contributed by atoms with E-state index >= 15 is 0 Å². The minimum atomic E-state index is -4.39. The van der Waals surface area contributed by atoms with Gasteiger partial charge in [-0.25, -0.2) is 17.6 Å². The second kappa shape index (κ2) is 10.7. The number of carbonyl (C=O) groups is 2. The second-order valence-electron chi connectivity index (χ2n) is 7.21. The largest absolute Gasteiger partial charge is 0.497 e. The first-order chi connectivity index (χ1) is 16.6. The van der Waals surface area contributed by atoms with Gasteiger partial charge in [-0.2, -0.15) is 5.26 Å². The Morgan fingerprint density at radius 3 is 2.40 bits per heavy atom. The molecule has 0 bridgehead atoms. The molecular weight excluding hydrogens is 477 g/mol. The summed E-state index contributed by atoms with van der Waals surface area (Å²) in [6, 6.07) is 16.7. The molecule has 0 aliphatic carbocycles. The Kier molecular flexibility index (Phi) is 7.68. The molecule has 0 heterocycles. The smallest absolute Gasteiger partial charge is 0.338 e. The summed E-state index contributed by atoms with van der Waals surface area (Å²) >= 11 is 0. The van der Waals surface area contributed by atoms with Gasteiger partial charge in [-0.1, -0.05) is 6.07 Å². The number of nitrogens with zero attached hydrogens (tertiary/aromatic N) is 1. The number of nitrogens with one attached hydrogen (secondary N) is 2. The first-order valence-electron chi connectivity index (χ1n) is 10.1. The highest BCUT2D eigenvalue weighted by molar-refractivity contribution is 7.92. The first-order valence-corrected chi connectivity index (χ1v) is 11.6. The molecule has 1 amide bonds. The number of amides is 1. The van der Waals surface area contributed by atoms with Crippen LogP contribution in [0.1, 0.15) is 22.8 Å². The van der Waals surface area contributed by atoms with Crippen LogP contribution in [0.5, 0.6) is 5.75 Å². The number of methoxy groups -OCH3 is 1. The van der Waals surface area contributed by atoms with Crippen LogP contribution in [-0.2, 0) is 19.6 Å². The lowest BCUT2D eigenvalue weighted by molar-refractivity contribution is -0.123. The Labute approximate surface area is 201 Å². The number of benzene rings is 3. The Hall–Kier alpha value is -4.43. The predicted octanol–water partition coefficient (Wildman–Crippen LogP) is 3.69. The molecule has 2 N–H and O–H groups in total. The molecule has 9 nitrogen and oxygen atoms in total. The van der Waals surface area contributed by atoms with Gasteiger partial charge in [0.25, 0.3) is 15.9 Å². The number of ether oxygens (including phenoxy) is 2. The third kappa shape index (κ3) is 6.33. The zero-order valence-corrected chi connectivity index (χ0v) is 19.4. The molecule has 0 fully saturated rings. The standard InChI is InChI=1S/C24H20FN3O6S/c1-15(23(29)27-19-5-3-4-16(12-19)14-26)34-24(30)17-6-11-21(25)22(13-17)35(31,32)28-18-7-9-20(33-2)10-8-18/h3-13,15,28H,1-2H3,(H,27,29). The monoisotopic (exact) mass is 497 g/mol. The number of carbonyl (C=O) groups excluding carboxylic acids is 2. The van der Waals surface area contributed by atoms with Crippen LogP contribution in [0.25, 0.3) is 0 Å². The quantitative estimate of drug-likeness (QED) is 0.453. The minimum Gasteiger partial charge on any atom is -0.497 e. The molecule has 0 aliphatic rings. The van der Waals surface area contributed by atoms with Gasteiger partial charge < -0.3 is 14.8 Å². The topological polar surface area (TPSA) is 135 Å². The average molecular weight is 498 g/mol. The maximum absolute atomic E-state index is 14.4. The van der Waals surface area contributed by atoms with Crippen molar-refractivity contribution in [3.05, 3.63) is 83.7 Å². The Morgan fingerprint density at radius 2 is 1.74 bits per heavy atom. The van der Waals surface area contributed by atoms with Crippen molar-refractivity contribution in [1.82, 2.24) is 0 Å². The molecule has 0 aromatic heterocycles. The van der Waals surface area contributed by atoms with Crippen LogP contribution >= 0.6 is 0 Å². The number of rotatable bonds is 8. The van der Waals surface area contributed by atoms with Crippen LogP contribution < -0.4 is 14.8 Å². The molecule has 3 aromatic carbocycles. The Balaban J connectivity index is 1.73. The van der Waals surface area contributed by atoms with E-state index in [-0.39, 0.29) is 11.3 Å². The van der Waals surface area contributed by atoms with E-state index in [1.165, 1.54) is 44.4 Å². The molecular formula is C24H20FN3O6S. The number of esters is 1. The van der Waals surface area contributed by atoms with Gasteiger partial charge in [-0.05, 0) is 67.6 Å². The van der Waals surface area contributed by atoms with E-state index in [1.54, 1.807) is 18.2 Å². The lowest BCUT2D eigenvalue weighted by atomic mass is 10.2. The van der Waals surface area contributed by atoms with Crippen molar-refractivity contribution in [1.29, 1.82) is 5.26 Å². The molecule has 35 heavy (non-hydrogen) atoms. The summed E-state index contributed by atoms with van der Waals surface area (Å²) in [5.41, 5.74) is 0.545. The Bertz CT molecular complexity index is 1400. The molecule has 0 spiro atoms. The molecule has 0 radical (unpaired) electrons. The van der Waals surface area contributed by atoms with Gasteiger partial charge >= 0.3 is 5.97 Å². The maximum atomic E-state index is 14.4. The first kappa shape index (κ1) is 25.2. The van der Waals surface area contributed by atoms with Gasteiger partial charge in [0.05, 0.1) is 24.3 Å². The summed E-state index contributed by atoms with van der Waals surface area (Å²) in [5.74, 6) is -2.28. The van der Waals surface area contributed by atoms with E-state index < -0.39 is 38.7 Å². The van der Waals surface area contributed by atoms with Gasteiger partial charge in [-0.15, -0.1) is 0 Å². The highest BCUT2D eigenvalue weighted by Gasteiger charge is 2.24. The highest BCUT2D eigenvalue weighted by atomic mass is 32.2. The molecule has 180 valence electrons. The summed E-state index contributed by atoms with van der Waals surface area (Å²) in [4.78, 5) is 24.1. The lowest BCUT2D eigenvalue weighted by Gasteiger charge is -2.14. The number of hydrogen-bond acceptors (Lipinski definition) is 7. The summed E-state index contributed by atoms with van der Waals surface area (Å²) in [6.07, 6.45) is -1.27. The predicted molar refractivity (Wildman–Crippen MR) is 125 cm³/mol. The van der Waals surface area contributed by atoms with E-state index in [9.17, 15) is 22.4 Å². The van der Waals surface area contributed by atoms with Crippen molar-refractivity contribution in [2.75, 3.05) is 17.1 Å². The third-order valence-corrected chi connectivity index (χ3v) is 6.11. The van der Waals surface area contributed by atoms with E-state index in [2.05, 4.69) is 10.0 Å². The normalized spacial score (nSPS) is 11.6. The fourth-order valence-corrected chi connectivity index (χ4v) is 4.06. The van der Waals surface area contributed by atoms with Crippen LogP contribution in [0.15, 0.2) is 71.6 Å². The van der Waals surface area contributed by atoms with E-state index in [1.807, 2.05) is 6.07 Å². The fourth-order valence-electron chi connectivity index (χ4n) is 2.90. The summed E-state index contributed by atoms with van der Waals surface area (Å²) in [6.45, 7) is 1.31. The number of nitriles is 1. The summed E-state index contributed by atoms with van der Waals surface area (Å²) in [5, 5.41) is 11.5. The summed E-state index contributed by atoms with van der Waals surface area (Å²) in [7, 11) is -2.94. The Morgan fingerprint density at radius 1 is 1.03 bits per heavy atom. The fraction of sp³-hybridized carbons (Fsp3) is 0.125. The molecule has 0 saturated heterocycles. The van der Waals surface area contributed by atoms with Gasteiger partial charge in [-0.3, -0.25) is 9.52 Å². The maximum Gasteiger partial charge on any atom is 0.338 e. The highest BCUT2D eigenvalue weighted by Crippen LogP contribution is 2.23. The molecule has 3 aromatic rings. The van der Waals surface area contributed by atoms with Gasteiger partial charge in [0, 0.05) is 11.4 Å². The zero-order chi connectivity index (χ0) is 25.6. The number of anilines is 2. The molecule has 1 unspecified atom stereocenters. The molecule has 0 aliphatic heterocycles. The van der Waals surface area contributed by atoms with Crippen LogP contribution in [0.3, 0.4) is 0 Å². The van der Waals surface area contributed by atoms with Gasteiger partial charge in [0.2, 0.25) is 0 Å². The molecule has 0 saturated carbocycles. The van der Waals surface area contributed by atoms with E-state index in [0.717, 1.165) is 18.2 Å². The van der Waals surface area contributed by atoms with Crippen LogP contribution in [0.2, 0.25) is 0 Å².